The predicted octanol–water partition coefficient (Wildman–Crippen LogP) is 4.12. The number of piperidine rings is 1. The van der Waals surface area contributed by atoms with Crippen molar-refractivity contribution in [3.8, 4) is 0 Å². The highest BCUT2D eigenvalue weighted by atomic mass is 19.1. The molecule has 1 fully saturated rings. The maximum atomic E-state index is 14.3. The number of nitrogens with zero attached hydrogens (tertiary/aromatic N) is 1. The fourth-order valence-electron chi connectivity index (χ4n) is 3.26. The molecule has 3 heteroatoms. The molecule has 0 radical (unpaired) electrons. The lowest BCUT2D eigenvalue weighted by Gasteiger charge is -2.36. The van der Waals surface area contributed by atoms with E-state index < -0.39 is 0 Å². The largest absolute Gasteiger partial charge is 0.371 e. The van der Waals surface area contributed by atoms with E-state index in [0.29, 0.717) is 0 Å². The lowest BCUT2D eigenvalue weighted by molar-refractivity contribution is 0.402. The molecule has 1 aliphatic rings. The summed E-state index contributed by atoms with van der Waals surface area (Å²) in [5.41, 5.74) is 1.91. The van der Waals surface area contributed by atoms with Gasteiger partial charge < -0.3 is 10.2 Å². The first-order valence-electron chi connectivity index (χ1n) is 7.94. The van der Waals surface area contributed by atoms with Gasteiger partial charge in [0.15, 0.2) is 0 Å². The molecule has 20 heavy (non-hydrogen) atoms. The zero-order valence-corrected chi connectivity index (χ0v) is 13.0. The van der Waals surface area contributed by atoms with E-state index in [4.69, 9.17) is 0 Å². The number of anilines is 1. The van der Waals surface area contributed by atoms with Gasteiger partial charge in [-0.05, 0) is 44.4 Å². The van der Waals surface area contributed by atoms with Crippen LogP contribution < -0.4 is 10.2 Å². The van der Waals surface area contributed by atoms with E-state index in [1.54, 1.807) is 6.07 Å². The van der Waals surface area contributed by atoms with Crippen molar-refractivity contribution < 1.29 is 4.39 Å². The van der Waals surface area contributed by atoms with Crippen molar-refractivity contribution in [2.24, 2.45) is 5.92 Å². The fraction of sp³-hybridized carbons (Fsp3) is 0.647. The van der Waals surface area contributed by atoms with Crippen LogP contribution in [0.25, 0.3) is 0 Å². The van der Waals surface area contributed by atoms with Crippen molar-refractivity contribution >= 4 is 5.69 Å². The zero-order valence-electron chi connectivity index (χ0n) is 13.0. The normalized spacial score (nSPS) is 21.0. The van der Waals surface area contributed by atoms with Crippen LogP contribution in [-0.4, -0.2) is 19.6 Å². The second kappa shape index (κ2) is 7.07. The predicted molar refractivity (Wildman–Crippen MR) is 83.7 cm³/mol. The summed E-state index contributed by atoms with van der Waals surface area (Å²) in [7, 11) is 0. The van der Waals surface area contributed by atoms with Crippen LogP contribution in [0.15, 0.2) is 18.2 Å². The molecule has 1 heterocycles. The van der Waals surface area contributed by atoms with Gasteiger partial charge in [-0.3, -0.25) is 0 Å². The van der Waals surface area contributed by atoms with Gasteiger partial charge in [0.2, 0.25) is 0 Å². The zero-order chi connectivity index (χ0) is 14.5. The molecule has 2 atom stereocenters. The minimum atomic E-state index is -0.0884. The SMILES string of the molecule is CCNC(C)c1c(F)cccc1N1CCCC(CC)C1. The molecule has 2 unspecified atom stereocenters. The van der Waals surface area contributed by atoms with Crippen molar-refractivity contribution in [3.05, 3.63) is 29.6 Å². The molecule has 112 valence electrons. The summed E-state index contributed by atoms with van der Waals surface area (Å²) in [5, 5.41) is 3.34. The number of hydrogen-bond acceptors (Lipinski definition) is 2. The maximum absolute atomic E-state index is 14.3. The van der Waals surface area contributed by atoms with Crippen LogP contribution in [0.4, 0.5) is 10.1 Å². The number of nitrogens with one attached hydrogen (secondary N) is 1. The molecule has 1 aliphatic heterocycles. The molecule has 0 spiro atoms. The fourth-order valence-corrected chi connectivity index (χ4v) is 3.26. The number of benzene rings is 1. The van der Waals surface area contributed by atoms with Gasteiger partial charge in [0.1, 0.15) is 5.82 Å². The Kier molecular flexibility index (Phi) is 5.41. The number of halogens is 1. The summed E-state index contributed by atoms with van der Waals surface area (Å²) in [4.78, 5) is 2.38. The third-order valence-corrected chi connectivity index (χ3v) is 4.41. The van der Waals surface area contributed by atoms with E-state index in [1.807, 2.05) is 13.0 Å². The molecule has 0 bridgehead atoms. The van der Waals surface area contributed by atoms with Gasteiger partial charge in [-0.2, -0.15) is 0 Å². The van der Waals surface area contributed by atoms with Gasteiger partial charge in [0.25, 0.3) is 0 Å². The first-order valence-corrected chi connectivity index (χ1v) is 7.94. The Balaban J connectivity index is 2.28. The summed E-state index contributed by atoms with van der Waals surface area (Å²) in [6.45, 7) is 9.32. The van der Waals surface area contributed by atoms with Crippen LogP contribution in [0.1, 0.15) is 51.6 Å². The van der Waals surface area contributed by atoms with Crippen LogP contribution in [0.5, 0.6) is 0 Å². The highest BCUT2D eigenvalue weighted by Gasteiger charge is 2.23. The Morgan fingerprint density at radius 1 is 1.40 bits per heavy atom. The van der Waals surface area contributed by atoms with Crippen molar-refractivity contribution in [2.75, 3.05) is 24.5 Å². The molecular formula is C17H27FN2. The van der Waals surface area contributed by atoms with Gasteiger partial charge in [0.05, 0.1) is 0 Å². The Bertz CT molecular complexity index is 433. The molecule has 0 amide bonds. The molecule has 1 aromatic carbocycles. The molecule has 1 saturated heterocycles. The second-order valence-corrected chi connectivity index (χ2v) is 5.81. The minimum Gasteiger partial charge on any atom is -0.371 e. The molecule has 2 nitrogen and oxygen atoms in total. The van der Waals surface area contributed by atoms with Crippen molar-refractivity contribution in [1.29, 1.82) is 0 Å². The Hall–Kier alpha value is -1.09. The van der Waals surface area contributed by atoms with Gasteiger partial charge in [-0.25, -0.2) is 4.39 Å². The summed E-state index contributed by atoms with van der Waals surface area (Å²) < 4.78 is 14.3. The third kappa shape index (κ3) is 3.32. The monoisotopic (exact) mass is 278 g/mol. The standard InChI is InChI=1S/C17H27FN2/c1-4-14-8-7-11-20(12-14)16-10-6-9-15(18)17(16)13(3)19-5-2/h6,9-10,13-14,19H,4-5,7-8,11-12H2,1-3H3. The minimum absolute atomic E-state index is 0.0539. The highest BCUT2D eigenvalue weighted by molar-refractivity contribution is 5.56. The first-order chi connectivity index (χ1) is 9.67. The average Bonchev–Trinajstić information content (AvgIpc) is 2.47. The smallest absolute Gasteiger partial charge is 0.130 e. The maximum Gasteiger partial charge on any atom is 0.130 e. The van der Waals surface area contributed by atoms with Crippen molar-refractivity contribution in [1.82, 2.24) is 5.32 Å². The Labute approximate surface area is 122 Å². The average molecular weight is 278 g/mol. The van der Waals surface area contributed by atoms with Gasteiger partial charge in [-0.15, -0.1) is 0 Å². The lowest BCUT2D eigenvalue weighted by atomic mass is 9.94. The topological polar surface area (TPSA) is 15.3 Å². The Morgan fingerprint density at radius 2 is 2.20 bits per heavy atom. The quantitative estimate of drug-likeness (QED) is 0.871. The van der Waals surface area contributed by atoms with E-state index in [1.165, 1.54) is 19.3 Å². The van der Waals surface area contributed by atoms with Crippen molar-refractivity contribution in [2.45, 2.75) is 46.1 Å². The molecule has 2 rings (SSSR count). The van der Waals surface area contributed by atoms with Crippen LogP contribution in [-0.2, 0) is 0 Å². The first kappa shape index (κ1) is 15.3. The van der Waals surface area contributed by atoms with E-state index in [9.17, 15) is 4.39 Å². The van der Waals surface area contributed by atoms with Crippen LogP contribution >= 0.6 is 0 Å². The molecule has 0 aromatic heterocycles. The van der Waals surface area contributed by atoms with Crippen LogP contribution in [0.3, 0.4) is 0 Å². The van der Waals surface area contributed by atoms with E-state index in [2.05, 4.69) is 30.1 Å². The highest BCUT2D eigenvalue weighted by Crippen LogP contribution is 2.32. The summed E-state index contributed by atoms with van der Waals surface area (Å²) >= 11 is 0. The van der Waals surface area contributed by atoms with Crippen molar-refractivity contribution in [3.63, 3.8) is 0 Å². The number of rotatable bonds is 5. The molecule has 1 aromatic rings. The molecular weight excluding hydrogens is 251 g/mol. The van der Waals surface area contributed by atoms with E-state index in [-0.39, 0.29) is 11.9 Å². The summed E-state index contributed by atoms with van der Waals surface area (Å²) in [5.74, 6) is 0.656. The molecule has 0 saturated carbocycles. The number of hydrogen-bond donors (Lipinski definition) is 1. The van der Waals surface area contributed by atoms with Gasteiger partial charge in [0, 0.05) is 30.4 Å². The molecule has 1 N–H and O–H groups in total. The second-order valence-electron chi connectivity index (χ2n) is 5.81. The van der Waals surface area contributed by atoms with Gasteiger partial charge >= 0.3 is 0 Å². The third-order valence-electron chi connectivity index (χ3n) is 4.41. The Morgan fingerprint density at radius 3 is 2.90 bits per heavy atom. The van der Waals surface area contributed by atoms with Crippen LogP contribution in [0.2, 0.25) is 0 Å². The lowest BCUT2D eigenvalue weighted by Crippen LogP contribution is -2.36. The van der Waals surface area contributed by atoms with Gasteiger partial charge in [-0.1, -0.05) is 26.3 Å². The molecule has 0 aliphatic carbocycles. The van der Waals surface area contributed by atoms with E-state index in [0.717, 1.165) is 36.8 Å². The summed E-state index contributed by atoms with van der Waals surface area (Å²) in [6, 6.07) is 5.54. The summed E-state index contributed by atoms with van der Waals surface area (Å²) in [6.07, 6.45) is 3.73. The van der Waals surface area contributed by atoms with Crippen LogP contribution in [0, 0.1) is 11.7 Å². The van der Waals surface area contributed by atoms with E-state index >= 15 is 0 Å².